The van der Waals surface area contributed by atoms with Crippen molar-refractivity contribution in [3.8, 4) is 33.6 Å². The number of hydrogen-bond acceptors (Lipinski definition) is 1. The van der Waals surface area contributed by atoms with Crippen molar-refractivity contribution in [1.82, 2.24) is 0 Å². The molecular weight excluding hydrogens is 749 g/mol. The standard InChI is InChI=1S/C55H60N2SSi/c1-35(2)39-21-23-40(24-22-39)49-32-52-45-26-28-48-46-19-13-14-20-53(46)58-55(48)47(45)27-25-44-42-17-11-12-18-43(42)51-31-41(30-38-15-9-8-10-16-38)54(59(5,6)7)34-57(51)50(44)29-37(4)56(52)33-36(49)3/h11-14,17-24,26,28,31-35,38,44,50H,4,8-10,15-16,25,27,29-30H2,1-3,5-7H3/q+2. The van der Waals surface area contributed by atoms with E-state index in [1.807, 2.05) is 11.3 Å². The number of thiophene rings is 1. The molecule has 1 fully saturated rings. The third-order valence-electron chi connectivity index (χ3n) is 14.3. The molecule has 10 rings (SSSR count). The van der Waals surface area contributed by atoms with Gasteiger partial charge in [-0.2, -0.15) is 9.13 Å². The number of aromatic nitrogens is 2. The lowest BCUT2D eigenvalue weighted by molar-refractivity contribution is -0.719. The van der Waals surface area contributed by atoms with Crippen LogP contribution in [0, 0.1) is 12.8 Å². The van der Waals surface area contributed by atoms with Gasteiger partial charge in [-0.3, -0.25) is 0 Å². The lowest BCUT2D eigenvalue weighted by Crippen LogP contribution is -2.54. The highest BCUT2D eigenvalue weighted by Gasteiger charge is 2.44. The van der Waals surface area contributed by atoms with Gasteiger partial charge >= 0.3 is 0 Å². The van der Waals surface area contributed by atoms with Crippen molar-refractivity contribution < 1.29 is 9.13 Å². The van der Waals surface area contributed by atoms with Gasteiger partial charge in [-0.25, -0.2) is 0 Å². The summed E-state index contributed by atoms with van der Waals surface area (Å²) in [7, 11) is -1.68. The van der Waals surface area contributed by atoms with Crippen LogP contribution in [0.4, 0.5) is 0 Å². The Balaban J connectivity index is 1.18. The van der Waals surface area contributed by atoms with E-state index in [1.165, 1.54) is 120 Å². The molecule has 0 bridgehead atoms. The Labute approximate surface area is 357 Å². The van der Waals surface area contributed by atoms with E-state index in [2.05, 4.69) is 159 Å². The summed E-state index contributed by atoms with van der Waals surface area (Å²) in [6.07, 6.45) is 16.3. The van der Waals surface area contributed by atoms with E-state index in [0.717, 1.165) is 25.2 Å². The van der Waals surface area contributed by atoms with E-state index in [-0.39, 0.29) is 6.04 Å². The van der Waals surface area contributed by atoms with E-state index < -0.39 is 8.07 Å². The second kappa shape index (κ2) is 15.1. The molecule has 59 heavy (non-hydrogen) atoms. The van der Waals surface area contributed by atoms with Crippen molar-refractivity contribution >= 4 is 50.5 Å². The van der Waals surface area contributed by atoms with Crippen LogP contribution in [0.2, 0.25) is 19.6 Å². The number of allylic oxidation sites excluding steroid dienone is 1. The van der Waals surface area contributed by atoms with Crippen LogP contribution in [0.3, 0.4) is 0 Å². The second-order valence-corrected chi connectivity index (χ2v) is 25.6. The number of pyridine rings is 2. The minimum atomic E-state index is -1.68. The van der Waals surface area contributed by atoms with Crippen LogP contribution in [-0.2, 0) is 12.8 Å². The van der Waals surface area contributed by atoms with E-state index in [0.29, 0.717) is 11.8 Å². The Hall–Kier alpha value is -4.64. The largest absolute Gasteiger partial charge is 0.219 e. The van der Waals surface area contributed by atoms with Crippen LogP contribution in [0.15, 0.2) is 116 Å². The molecule has 0 amide bonds. The summed E-state index contributed by atoms with van der Waals surface area (Å²) in [5, 5.41) is 4.41. The van der Waals surface area contributed by atoms with Crippen molar-refractivity contribution in [2.75, 3.05) is 0 Å². The number of benzene rings is 4. The lowest BCUT2D eigenvalue weighted by Gasteiger charge is -2.33. The maximum Gasteiger partial charge on any atom is 0.219 e. The van der Waals surface area contributed by atoms with Crippen LogP contribution < -0.4 is 14.3 Å². The normalized spacial score (nSPS) is 18.3. The van der Waals surface area contributed by atoms with Gasteiger partial charge in [0.05, 0.1) is 20.1 Å². The first-order valence-corrected chi connectivity index (χ1v) is 26.8. The predicted molar refractivity (Wildman–Crippen MR) is 255 cm³/mol. The van der Waals surface area contributed by atoms with Gasteiger partial charge in [0.15, 0.2) is 24.1 Å². The molecule has 4 aromatic carbocycles. The monoisotopic (exact) mass is 808 g/mol. The molecule has 1 aliphatic carbocycles. The molecule has 3 aliphatic rings. The molecule has 2 nitrogen and oxygen atoms in total. The fourth-order valence-electron chi connectivity index (χ4n) is 11.1. The fourth-order valence-corrected chi connectivity index (χ4v) is 14.1. The first kappa shape index (κ1) is 38.6. The molecule has 2 unspecified atom stereocenters. The molecular formula is C55H60N2SSi+2. The third kappa shape index (κ3) is 6.85. The predicted octanol–water partition coefficient (Wildman–Crippen LogP) is 13.9. The number of rotatable bonds is 5. The molecule has 2 atom stereocenters. The summed E-state index contributed by atoms with van der Waals surface area (Å²) in [5.41, 5.74) is 16.5. The summed E-state index contributed by atoms with van der Waals surface area (Å²) in [4.78, 5) is 0. The Morgan fingerprint density at radius 2 is 1.53 bits per heavy atom. The van der Waals surface area contributed by atoms with Gasteiger partial charge in [-0.1, -0.05) is 132 Å². The average molecular weight is 809 g/mol. The van der Waals surface area contributed by atoms with Gasteiger partial charge in [-0.05, 0) is 96.2 Å². The van der Waals surface area contributed by atoms with E-state index in [9.17, 15) is 0 Å². The zero-order chi connectivity index (χ0) is 40.6. The van der Waals surface area contributed by atoms with Crippen molar-refractivity contribution in [1.29, 1.82) is 0 Å². The number of nitrogens with zero attached hydrogens (tertiary/aromatic N) is 2. The Morgan fingerprint density at radius 1 is 0.763 bits per heavy atom. The topological polar surface area (TPSA) is 7.76 Å². The number of hydrogen-bond donors (Lipinski definition) is 0. The second-order valence-electron chi connectivity index (χ2n) is 19.5. The van der Waals surface area contributed by atoms with E-state index >= 15 is 0 Å². The smallest absolute Gasteiger partial charge is 0.194 e. The third-order valence-corrected chi connectivity index (χ3v) is 17.6. The minimum Gasteiger partial charge on any atom is -0.194 e. The zero-order valence-corrected chi connectivity index (χ0v) is 37.9. The highest BCUT2D eigenvalue weighted by molar-refractivity contribution is 7.26. The molecule has 5 heterocycles. The summed E-state index contributed by atoms with van der Waals surface area (Å²) in [6.45, 7) is 19.6. The summed E-state index contributed by atoms with van der Waals surface area (Å²) in [5.74, 6) is 1.67. The molecule has 4 heteroatoms. The van der Waals surface area contributed by atoms with E-state index in [4.69, 9.17) is 6.58 Å². The molecule has 298 valence electrons. The van der Waals surface area contributed by atoms with Crippen molar-refractivity contribution in [3.05, 3.63) is 144 Å². The van der Waals surface area contributed by atoms with Crippen LogP contribution in [0.5, 0.6) is 0 Å². The van der Waals surface area contributed by atoms with E-state index in [1.54, 1.807) is 10.8 Å². The van der Waals surface area contributed by atoms with Crippen LogP contribution in [0.25, 0.3) is 59.5 Å². The number of aryl methyl sites for hydroxylation is 2. The van der Waals surface area contributed by atoms with Crippen molar-refractivity contribution in [3.63, 3.8) is 0 Å². The zero-order valence-electron chi connectivity index (χ0n) is 36.1. The average Bonchev–Trinajstić information content (AvgIpc) is 3.62. The molecule has 0 spiro atoms. The Bertz CT molecular complexity index is 2760. The van der Waals surface area contributed by atoms with Gasteiger partial charge in [0.1, 0.15) is 0 Å². The van der Waals surface area contributed by atoms with Gasteiger partial charge in [0, 0.05) is 54.5 Å². The highest BCUT2D eigenvalue weighted by Crippen LogP contribution is 2.47. The first-order chi connectivity index (χ1) is 28.5. The molecule has 7 aromatic rings. The van der Waals surface area contributed by atoms with Crippen LogP contribution >= 0.6 is 11.3 Å². The minimum absolute atomic E-state index is 0.262. The lowest BCUT2D eigenvalue weighted by atomic mass is 9.77. The molecule has 3 aromatic heterocycles. The molecule has 0 N–H and O–H groups in total. The maximum atomic E-state index is 5.02. The van der Waals surface area contributed by atoms with Gasteiger partial charge in [-0.15, -0.1) is 11.3 Å². The SMILES string of the molecule is C=C1CC2C(CCc3c(ccc4c3sc3ccccc34)-c3cc(-c4ccc(C(C)C)cc4)c(C)c[n+]31)c1ccccc1-c1cc(CC3CCCCC3)c([Si](C)(C)C)c[n+]12. The van der Waals surface area contributed by atoms with Gasteiger partial charge < -0.3 is 0 Å². The fraction of sp³-hybridized carbons (Fsp3) is 0.345. The highest BCUT2D eigenvalue weighted by atomic mass is 32.1. The number of fused-ring (bicyclic) bond motifs is 13. The van der Waals surface area contributed by atoms with Crippen LogP contribution in [0.1, 0.15) is 104 Å². The van der Waals surface area contributed by atoms with Gasteiger partial charge in [0.25, 0.3) is 0 Å². The molecule has 2 aliphatic heterocycles. The van der Waals surface area contributed by atoms with Crippen molar-refractivity contribution in [2.24, 2.45) is 5.92 Å². The summed E-state index contributed by atoms with van der Waals surface area (Å²) in [6, 6.07) is 38.0. The molecule has 0 saturated heterocycles. The van der Waals surface area contributed by atoms with Gasteiger partial charge in [0.2, 0.25) is 11.4 Å². The Morgan fingerprint density at radius 3 is 2.31 bits per heavy atom. The summed E-state index contributed by atoms with van der Waals surface area (Å²) < 4.78 is 8.05. The Kier molecular flexibility index (Phi) is 9.88. The van der Waals surface area contributed by atoms with Crippen molar-refractivity contribution in [2.45, 2.75) is 116 Å². The summed E-state index contributed by atoms with van der Waals surface area (Å²) >= 11 is 1.98. The quantitative estimate of drug-likeness (QED) is 0.121. The molecule has 1 saturated carbocycles. The first-order valence-electron chi connectivity index (χ1n) is 22.5. The van der Waals surface area contributed by atoms with Crippen LogP contribution in [-0.4, -0.2) is 8.07 Å². The molecule has 0 radical (unpaired) electrons. The maximum absolute atomic E-state index is 5.02.